The van der Waals surface area contributed by atoms with Crippen LogP contribution < -0.4 is 5.32 Å². The molecule has 0 aliphatic carbocycles. The summed E-state index contributed by atoms with van der Waals surface area (Å²) >= 11 is 1.53. The summed E-state index contributed by atoms with van der Waals surface area (Å²) < 4.78 is 1.99. The molecule has 0 fully saturated rings. The predicted octanol–water partition coefficient (Wildman–Crippen LogP) is 3.36. The highest BCUT2D eigenvalue weighted by Gasteiger charge is 2.16. The second-order valence-corrected chi connectivity index (χ2v) is 5.94. The van der Waals surface area contributed by atoms with Crippen molar-refractivity contribution in [2.24, 2.45) is 0 Å². The van der Waals surface area contributed by atoms with Crippen molar-refractivity contribution < 1.29 is 0 Å². The normalized spacial score (nSPS) is 10.9. The number of nitrogens with zero attached hydrogens (tertiary/aromatic N) is 4. The van der Waals surface area contributed by atoms with Crippen molar-refractivity contribution in [2.75, 3.05) is 12.4 Å². The van der Waals surface area contributed by atoms with Crippen LogP contribution in [0.2, 0.25) is 0 Å². The highest BCUT2D eigenvalue weighted by molar-refractivity contribution is 7.18. The maximum atomic E-state index is 4.55. The van der Waals surface area contributed by atoms with Gasteiger partial charge in [-0.3, -0.25) is 0 Å². The number of benzene rings is 1. The van der Waals surface area contributed by atoms with Crippen molar-refractivity contribution in [1.82, 2.24) is 20.0 Å². The van der Waals surface area contributed by atoms with Crippen molar-refractivity contribution in [3.63, 3.8) is 0 Å². The third kappa shape index (κ3) is 2.31. The number of aromatic nitrogens is 4. The van der Waals surface area contributed by atoms with Gasteiger partial charge in [0.1, 0.15) is 0 Å². The molecule has 5 nitrogen and oxygen atoms in total. The number of para-hydroxylation sites is 1. The molecule has 0 aliphatic rings. The zero-order chi connectivity index (χ0) is 15.0. The van der Waals surface area contributed by atoms with Crippen LogP contribution in [0.5, 0.6) is 0 Å². The van der Waals surface area contributed by atoms with Gasteiger partial charge in [0.15, 0.2) is 5.01 Å². The second-order valence-electron chi connectivity index (χ2n) is 4.96. The minimum absolute atomic E-state index is 0.809. The third-order valence-corrected chi connectivity index (χ3v) is 4.50. The molecule has 2 heterocycles. The number of hydrogen-bond donors (Lipinski definition) is 1. The topological polar surface area (TPSA) is 55.6 Å². The van der Waals surface area contributed by atoms with Gasteiger partial charge in [0, 0.05) is 7.05 Å². The molecule has 1 aromatic carbocycles. The molecule has 3 aromatic rings. The standard InChI is InChI=1S/C15H17N5S/c1-9-6-5-7-10(2)13(9)20-11(3)12(8-17-20)14-18-19-15(16-4)21-14/h5-8H,1-4H3,(H,16,19). The average Bonchev–Trinajstić information content (AvgIpc) is 3.06. The van der Waals surface area contributed by atoms with E-state index in [9.17, 15) is 0 Å². The average molecular weight is 299 g/mol. The number of anilines is 1. The van der Waals surface area contributed by atoms with Gasteiger partial charge >= 0.3 is 0 Å². The number of aryl methyl sites for hydroxylation is 2. The van der Waals surface area contributed by atoms with E-state index in [0.29, 0.717) is 0 Å². The molecule has 0 spiro atoms. The van der Waals surface area contributed by atoms with Crippen LogP contribution >= 0.6 is 11.3 Å². The molecule has 0 amide bonds. The first-order valence-electron chi connectivity index (χ1n) is 6.74. The van der Waals surface area contributed by atoms with Crippen LogP contribution in [0.4, 0.5) is 5.13 Å². The fourth-order valence-corrected chi connectivity index (χ4v) is 3.18. The fourth-order valence-electron chi connectivity index (χ4n) is 2.42. The van der Waals surface area contributed by atoms with E-state index >= 15 is 0 Å². The van der Waals surface area contributed by atoms with Crippen LogP contribution in [0, 0.1) is 20.8 Å². The summed E-state index contributed by atoms with van der Waals surface area (Å²) in [5.74, 6) is 0. The SMILES string of the molecule is CNc1nnc(-c2cnn(-c3c(C)cccc3C)c2C)s1. The maximum absolute atomic E-state index is 4.55. The molecule has 0 unspecified atom stereocenters. The molecule has 3 rings (SSSR count). The molecule has 0 saturated carbocycles. The number of nitrogens with one attached hydrogen (secondary N) is 1. The summed E-state index contributed by atoms with van der Waals surface area (Å²) in [7, 11) is 1.84. The van der Waals surface area contributed by atoms with E-state index < -0.39 is 0 Å². The summed E-state index contributed by atoms with van der Waals surface area (Å²) in [5, 5.41) is 17.6. The van der Waals surface area contributed by atoms with Crippen LogP contribution in [-0.2, 0) is 0 Å². The molecule has 0 radical (unpaired) electrons. The molecule has 0 aliphatic heterocycles. The lowest BCUT2D eigenvalue weighted by Gasteiger charge is -2.11. The molecular weight excluding hydrogens is 282 g/mol. The highest BCUT2D eigenvalue weighted by Crippen LogP contribution is 2.30. The van der Waals surface area contributed by atoms with Crippen molar-refractivity contribution in [1.29, 1.82) is 0 Å². The minimum atomic E-state index is 0.809. The first kappa shape index (κ1) is 13.8. The van der Waals surface area contributed by atoms with E-state index in [2.05, 4.69) is 59.6 Å². The lowest BCUT2D eigenvalue weighted by Crippen LogP contribution is -2.03. The van der Waals surface area contributed by atoms with Crippen molar-refractivity contribution in [3.05, 3.63) is 41.2 Å². The fraction of sp³-hybridized carbons (Fsp3) is 0.267. The highest BCUT2D eigenvalue weighted by atomic mass is 32.1. The van der Waals surface area contributed by atoms with Gasteiger partial charge in [-0.05, 0) is 31.9 Å². The Hall–Kier alpha value is -2.21. The minimum Gasteiger partial charge on any atom is -0.363 e. The van der Waals surface area contributed by atoms with Gasteiger partial charge in [0.2, 0.25) is 5.13 Å². The Morgan fingerprint density at radius 2 is 1.81 bits per heavy atom. The molecular formula is C15H17N5S. The molecule has 21 heavy (non-hydrogen) atoms. The summed E-state index contributed by atoms with van der Waals surface area (Å²) in [5.41, 5.74) is 5.66. The molecule has 0 bridgehead atoms. The monoisotopic (exact) mass is 299 g/mol. The summed E-state index contributed by atoms with van der Waals surface area (Å²) in [6.45, 7) is 6.27. The smallest absolute Gasteiger partial charge is 0.205 e. The Kier molecular flexibility index (Phi) is 3.47. The molecule has 6 heteroatoms. The van der Waals surface area contributed by atoms with Crippen LogP contribution in [0.25, 0.3) is 16.3 Å². The van der Waals surface area contributed by atoms with Crippen molar-refractivity contribution in [2.45, 2.75) is 20.8 Å². The van der Waals surface area contributed by atoms with Gasteiger partial charge in [-0.1, -0.05) is 29.5 Å². The van der Waals surface area contributed by atoms with E-state index in [4.69, 9.17) is 0 Å². The Bertz CT molecular complexity index is 767. The predicted molar refractivity (Wildman–Crippen MR) is 86.2 cm³/mol. The van der Waals surface area contributed by atoms with Crippen LogP contribution in [0.3, 0.4) is 0 Å². The first-order valence-corrected chi connectivity index (χ1v) is 7.56. The Morgan fingerprint density at radius 3 is 2.43 bits per heavy atom. The summed E-state index contributed by atoms with van der Waals surface area (Å²) in [4.78, 5) is 0. The van der Waals surface area contributed by atoms with E-state index in [1.165, 1.54) is 22.5 Å². The van der Waals surface area contributed by atoms with Crippen LogP contribution in [0.1, 0.15) is 16.8 Å². The quantitative estimate of drug-likeness (QED) is 0.805. The largest absolute Gasteiger partial charge is 0.363 e. The van der Waals surface area contributed by atoms with E-state index in [0.717, 1.165) is 27.1 Å². The maximum Gasteiger partial charge on any atom is 0.205 e. The van der Waals surface area contributed by atoms with Gasteiger partial charge in [0.25, 0.3) is 0 Å². The number of rotatable bonds is 3. The van der Waals surface area contributed by atoms with Gasteiger partial charge in [-0.25, -0.2) is 4.68 Å². The number of hydrogen-bond acceptors (Lipinski definition) is 5. The Balaban J connectivity index is 2.11. The third-order valence-electron chi connectivity index (χ3n) is 3.53. The van der Waals surface area contributed by atoms with Crippen molar-refractivity contribution >= 4 is 16.5 Å². The molecule has 1 N–H and O–H groups in total. The van der Waals surface area contributed by atoms with Crippen molar-refractivity contribution in [3.8, 4) is 16.3 Å². The summed E-state index contributed by atoms with van der Waals surface area (Å²) in [6, 6.07) is 6.28. The van der Waals surface area contributed by atoms with Gasteiger partial charge in [-0.15, -0.1) is 10.2 Å². The van der Waals surface area contributed by atoms with E-state index in [1.54, 1.807) is 0 Å². The zero-order valence-electron chi connectivity index (χ0n) is 12.5. The first-order chi connectivity index (χ1) is 10.1. The molecule has 108 valence electrons. The Morgan fingerprint density at radius 1 is 1.10 bits per heavy atom. The lowest BCUT2D eigenvalue weighted by atomic mass is 10.1. The van der Waals surface area contributed by atoms with Gasteiger partial charge in [-0.2, -0.15) is 5.10 Å². The molecule has 0 saturated heterocycles. The summed E-state index contributed by atoms with van der Waals surface area (Å²) in [6.07, 6.45) is 1.86. The van der Waals surface area contributed by atoms with Crippen LogP contribution in [0.15, 0.2) is 24.4 Å². The van der Waals surface area contributed by atoms with E-state index in [1.807, 2.05) is 17.9 Å². The van der Waals surface area contributed by atoms with E-state index in [-0.39, 0.29) is 0 Å². The van der Waals surface area contributed by atoms with Gasteiger partial charge < -0.3 is 5.32 Å². The molecule has 0 atom stereocenters. The van der Waals surface area contributed by atoms with Crippen LogP contribution in [-0.4, -0.2) is 27.0 Å². The lowest BCUT2D eigenvalue weighted by molar-refractivity contribution is 0.833. The zero-order valence-corrected chi connectivity index (χ0v) is 13.3. The van der Waals surface area contributed by atoms with Gasteiger partial charge in [0.05, 0.1) is 23.1 Å². The Labute approximate surface area is 127 Å². The second kappa shape index (κ2) is 5.29. The molecule has 2 aromatic heterocycles.